The van der Waals surface area contributed by atoms with Crippen molar-refractivity contribution in [1.82, 2.24) is 4.98 Å². The summed E-state index contributed by atoms with van der Waals surface area (Å²) in [5.74, 6) is 0.0339. The quantitative estimate of drug-likeness (QED) is 0.663. The molecule has 0 atom stereocenters. The van der Waals surface area contributed by atoms with Crippen molar-refractivity contribution in [3.05, 3.63) is 23.0 Å². The minimum absolute atomic E-state index is 0.0339. The smallest absolute Gasteiger partial charge is 0.224 e. The van der Waals surface area contributed by atoms with Crippen LogP contribution >= 0.6 is 11.6 Å². The number of rotatable bonds is 0. The first-order valence-corrected chi connectivity index (χ1v) is 4.08. The van der Waals surface area contributed by atoms with Gasteiger partial charge in [0.25, 0.3) is 0 Å². The highest BCUT2D eigenvalue weighted by Crippen LogP contribution is 2.22. The van der Waals surface area contributed by atoms with Crippen molar-refractivity contribution in [1.29, 1.82) is 0 Å². The molecule has 0 spiro atoms. The van der Waals surface area contributed by atoms with Crippen LogP contribution in [-0.4, -0.2) is 10.9 Å². The summed E-state index contributed by atoms with van der Waals surface area (Å²) in [6.07, 6.45) is 2.82. The number of nitrogens with one attached hydrogen (secondary N) is 1. The Morgan fingerprint density at radius 2 is 2.33 bits per heavy atom. The van der Waals surface area contributed by atoms with Crippen LogP contribution < -0.4 is 5.32 Å². The molecule has 2 rings (SSSR count). The number of halogens is 1. The summed E-state index contributed by atoms with van der Waals surface area (Å²) in [5.41, 5.74) is 1.66. The van der Waals surface area contributed by atoms with Gasteiger partial charge in [-0.15, -0.1) is 0 Å². The van der Waals surface area contributed by atoms with Crippen molar-refractivity contribution >= 4 is 23.2 Å². The van der Waals surface area contributed by atoms with Crippen molar-refractivity contribution in [2.45, 2.75) is 12.8 Å². The highest BCUT2D eigenvalue weighted by Gasteiger charge is 2.15. The van der Waals surface area contributed by atoms with Crippen LogP contribution in [0.5, 0.6) is 0 Å². The van der Waals surface area contributed by atoms with E-state index in [-0.39, 0.29) is 5.91 Å². The van der Waals surface area contributed by atoms with Gasteiger partial charge >= 0.3 is 0 Å². The van der Waals surface area contributed by atoms with E-state index in [1.165, 1.54) is 0 Å². The first-order valence-electron chi connectivity index (χ1n) is 3.70. The van der Waals surface area contributed by atoms with E-state index in [4.69, 9.17) is 11.6 Å². The molecule has 0 saturated heterocycles. The van der Waals surface area contributed by atoms with Crippen LogP contribution in [0.25, 0.3) is 0 Å². The highest BCUT2D eigenvalue weighted by atomic mass is 35.5. The summed E-state index contributed by atoms with van der Waals surface area (Å²) in [6, 6.07) is 1.72. The van der Waals surface area contributed by atoms with Crippen LogP contribution in [0.2, 0.25) is 5.02 Å². The summed E-state index contributed by atoms with van der Waals surface area (Å²) in [7, 11) is 0. The van der Waals surface area contributed by atoms with Gasteiger partial charge in [0.05, 0.1) is 16.4 Å². The maximum atomic E-state index is 11.0. The van der Waals surface area contributed by atoms with Crippen molar-refractivity contribution < 1.29 is 4.79 Å². The van der Waals surface area contributed by atoms with Gasteiger partial charge in [-0.25, -0.2) is 0 Å². The molecule has 0 aliphatic carbocycles. The van der Waals surface area contributed by atoms with Gasteiger partial charge in [0.2, 0.25) is 5.91 Å². The predicted molar refractivity (Wildman–Crippen MR) is 46.2 cm³/mol. The van der Waals surface area contributed by atoms with Crippen molar-refractivity contribution in [2.24, 2.45) is 0 Å². The lowest BCUT2D eigenvalue weighted by Gasteiger charge is -2.14. The van der Waals surface area contributed by atoms with Crippen molar-refractivity contribution in [3.63, 3.8) is 0 Å². The number of carbonyl (C=O) groups is 1. The van der Waals surface area contributed by atoms with Gasteiger partial charge in [0.15, 0.2) is 0 Å². The molecule has 0 radical (unpaired) electrons. The van der Waals surface area contributed by atoms with E-state index in [1.807, 2.05) is 0 Å². The third-order valence-corrected chi connectivity index (χ3v) is 2.01. The molecule has 1 aliphatic rings. The molecule has 0 unspecified atom stereocenters. The van der Waals surface area contributed by atoms with E-state index in [1.54, 1.807) is 12.3 Å². The molecular formula is C8H7ClN2O. The van der Waals surface area contributed by atoms with Gasteiger partial charge in [-0.1, -0.05) is 11.6 Å². The Morgan fingerprint density at radius 3 is 3.17 bits per heavy atom. The van der Waals surface area contributed by atoms with Gasteiger partial charge in [-0.2, -0.15) is 0 Å². The van der Waals surface area contributed by atoms with Gasteiger partial charge < -0.3 is 5.32 Å². The molecule has 0 saturated carbocycles. The second-order valence-electron chi connectivity index (χ2n) is 2.70. The number of anilines is 1. The van der Waals surface area contributed by atoms with E-state index in [2.05, 4.69) is 10.3 Å². The minimum Gasteiger partial charge on any atom is -0.324 e. The maximum absolute atomic E-state index is 11.0. The van der Waals surface area contributed by atoms with Gasteiger partial charge in [0, 0.05) is 19.0 Å². The van der Waals surface area contributed by atoms with Gasteiger partial charge in [-0.05, 0) is 6.07 Å². The van der Waals surface area contributed by atoms with Crippen molar-refractivity contribution in [3.8, 4) is 0 Å². The van der Waals surface area contributed by atoms with E-state index >= 15 is 0 Å². The molecule has 1 aliphatic heterocycles. The average molecular weight is 183 g/mol. The molecule has 1 aromatic rings. The Hall–Kier alpha value is -1.09. The molecule has 3 nitrogen and oxygen atoms in total. The third-order valence-electron chi connectivity index (χ3n) is 1.80. The van der Waals surface area contributed by atoms with E-state index in [0.29, 0.717) is 17.9 Å². The number of hydrogen-bond acceptors (Lipinski definition) is 2. The number of amides is 1. The second kappa shape index (κ2) is 2.75. The largest absolute Gasteiger partial charge is 0.324 e. The molecule has 2 heterocycles. The van der Waals surface area contributed by atoms with Gasteiger partial charge in [-0.3, -0.25) is 9.78 Å². The fourth-order valence-corrected chi connectivity index (χ4v) is 1.38. The third kappa shape index (κ3) is 1.28. The van der Waals surface area contributed by atoms with Crippen LogP contribution in [0.3, 0.4) is 0 Å². The number of carbonyl (C=O) groups excluding carboxylic acids is 1. The Bertz CT molecular complexity index is 338. The molecule has 4 heteroatoms. The summed E-state index contributed by atoms with van der Waals surface area (Å²) in [4.78, 5) is 15.1. The lowest BCUT2D eigenvalue weighted by Crippen LogP contribution is -2.19. The number of fused-ring (bicyclic) bond motifs is 1. The number of hydrogen-bond donors (Lipinski definition) is 1. The lowest BCUT2D eigenvalue weighted by molar-refractivity contribution is -0.116. The highest BCUT2D eigenvalue weighted by molar-refractivity contribution is 6.30. The monoisotopic (exact) mass is 182 g/mol. The number of aryl methyl sites for hydroxylation is 1. The normalized spacial score (nSPS) is 15.2. The number of aromatic nitrogens is 1. The summed E-state index contributed by atoms with van der Waals surface area (Å²) in [5, 5.41) is 3.27. The van der Waals surface area contributed by atoms with Crippen LogP contribution in [0.15, 0.2) is 12.3 Å². The first kappa shape index (κ1) is 7.55. The molecule has 1 amide bonds. The Kier molecular flexibility index (Phi) is 1.73. The second-order valence-corrected chi connectivity index (χ2v) is 3.13. The molecule has 0 aromatic carbocycles. The molecule has 62 valence electrons. The minimum atomic E-state index is 0.0339. The maximum Gasteiger partial charge on any atom is 0.224 e. The van der Waals surface area contributed by atoms with Crippen LogP contribution in [0.1, 0.15) is 12.1 Å². The van der Waals surface area contributed by atoms with Crippen molar-refractivity contribution in [2.75, 3.05) is 5.32 Å². The fourth-order valence-electron chi connectivity index (χ4n) is 1.22. The standard InChI is InChI=1S/C8H7ClN2O/c9-5-3-7-6(10-4-5)1-2-8(12)11-7/h3-4H,1-2H2,(H,11,12). The Balaban J connectivity index is 2.44. The Labute approximate surface area is 74.8 Å². The van der Waals surface area contributed by atoms with E-state index in [0.717, 1.165) is 11.4 Å². The topological polar surface area (TPSA) is 42.0 Å². The molecule has 1 aromatic heterocycles. The number of pyridine rings is 1. The van der Waals surface area contributed by atoms with Gasteiger partial charge in [0.1, 0.15) is 0 Å². The van der Waals surface area contributed by atoms with Crippen LogP contribution in [0.4, 0.5) is 5.69 Å². The molecule has 1 N–H and O–H groups in total. The predicted octanol–water partition coefficient (Wildman–Crippen LogP) is 1.62. The molecular weight excluding hydrogens is 176 g/mol. The molecule has 12 heavy (non-hydrogen) atoms. The fraction of sp³-hybridized carbons (Fsp3) is 0.250. The zero-order chi connectivity index (χ0) is 8.55. The Morgan fingerprint density at radius 1 is 1.50 bits per heavy atom. The zero-order valence-corrected chi connectivity index (χ0v) is 7.06. The summed E-state index contributed by atoms with van der Waals surface area (Å²) < 4.78 is 0. The molecule has 0 fully saturated rings. The zero-order valence-electron chi connectivity index (χ0n) is 6.30. The number of nitrogens with zero attached hydrogens (tertiary/aromatic N) is 1. The van der Waals surface area contributed by atoms with E-state index < -0.39 is 0 Å². The lowest BCUT2D eigenvalue weighted by atomic mass is 10.1. The first-order chi connectivity index (χ1) is 5.75. The SMILES string of the molecule is O=C1CCc2ncc(Cl)cc2N1. The van der Waals surface area contributed by atoms with Crippen LogP contribution in [0, 0.1) is 0 Å². The summed E-state index contributed by atoms with van der Waals surface area (Å²) in [6.45, 7) is 0. The van der Waals surface area contributed by atoms with E-state index in [9.17, 15) is 4.79 Å². The average Bonchev–Trinajstić information content (AvgIpc) is 2.03. The molecule has 0 bridgehead atoms. The summed E-state index contributed by atoms with van der Waals surface area (Å²) >= 11 is 5.71. The van der Waals surface area contributed by atoms with Crippen LogP contribution in [-0.2, 0) is 11.2 Å².